The fraction of sp³-hybridized carbons (Fsp3) is 0.600. The summed E-state index contributed by atoms with van der Waals surface area (Å²) in [7, 11) is 0. The molecular weight excluding hydrogens is 242 g/mol. The van der Waals surface area contributed by atoms with Gasteiger partial charge in [0, 0.05) is 6.07 Å². The first-order valence-corrected chi connectivity index (χ1v) is 7.05. The van der Waals surface area contributed by atoms with Crippen LogP contribution in [0.15, 0.2) is 24.3 Å². The van der Waals surface area contributed by atoms with Crippen LogP contribution in [0.5, 0.6) is 11.5 Å². The van der Waals surface area contributed by atoms with E-state index in [1.165, 1.54) is 0 Å². The smallest absolute Gasteiger partial charge is 0.137 e. The van der Waals surface area contributed by atoms with Gasteiger partial charge in [-0.3, -0.25) is 0 Å². The van der Waals surface area contributed by atoms with Crippen LogP contribution >= 0.6 is 0 Å². The summed E-state index contributed by atoms with van der Waals surface area (Å²) in [6.45, 7) is 9.71. The lowest BCUT2D eigenvalue weighted by Crippen LogP contribution is -3.14. The van der Waals surface area contributed by atoms with E-state index in [-0.39, 0.29) is 6.10 Å². The van der Waals surface area contributed by atoms with Crippen LogP contribution in [0.3, 0.4) is 0 Å². The molecule has 0 atom stereocenters. The topological polar surface area (TPSA) is 32.1 Å². The number of hydrogen-bond acceptors (Lipinski definition) is 3. The number of rotatable bonds is 6. The second-order valence-electron chi connectivity index (χ2n) is 5.10. The Morgan fingerprint density at radius 1 is 1.21 bits per heavy atom. The van der Waals surface area contributed by atoms with E-state index in [1.54, 1.807) is 4.90 Å². The lowest BCUT2D eigenvalue weighted by Gasteiger charge is -2.23. The van der Waals surface area contributed by atoms with Crippen molar-refractivity contribution in [3.05, 3.63) is 24.3 Å². The number of benzene rings is 1. The molecule has 0 unspecified atom stereocenters. The van der Waals surface area contributed by atoms with Crippen molar-refractivity contribution in [2.24, 2.45) is 0 Å². The molecule has 1 saturated heterocycles. The fourth-order valence-corrected chi connectivity index (χ4v) is 2.13. The normalized spacial score (nSPS) is 16.6. The van der Waals surface area contributed by atoms with E-state index in [0.29, 0.717) is 0 Å². The second kappa shape index (κ2) is 7.36. The zero-order chi connectivity index (χ0) is 13.5. The van der Waals surface area contributed by atoms with Gasteiger partial charge in [0.1, 0.15) is 37.7 Å². The first-order chi connectivity index (χ1) is 9.24. The number of ether oxygens (including phenoxy) is 3. The van der Waals surface area contributed by atoms with Gasteiger partial charge in [-0.05, 0) is 26.0 Å². The third kappa shape index (κ3) is 5.09. The van der Waals surface area contributed by atoms with E-state index in [1.807, 2.05) is 38.1 Å². The van der Waals surface area contributed by atoms with E-state index >= 15 is 0 Å². The summed E-state index contributed by atoms with van der Waals surface area (Å²) < 4.78 is 16.8. The average Bonchev–Trinajstić information content (AvgIpc) is 2.40. The summed E-state index contributed by atoms with van der Waals surface area (Å²) in [6.07, 6.45) is 0.188. The molecule has 4 nitrogen and oxygen atoms in total. The summed E-state index contributed by atoms with van der Waals surface area (Å²) in [6, 6.07) is 7.85. The maximum absolute atomic E-state index is 5.79. The monoisotopic (exact) mass is 266 g/mol. The first kappa shape index (κ1) is 14.2. The second-order valence-corrected chi connectivity index (χ2v) is 5.10. The third-order valence-corrected chi connectivity index (χ3v) is 3.10. The highest BCUT2D eigenvalue weighted by Crippen LogP contribution is 2.20. The number of quaternary nitrogens is 1. The minimum atomic E-state index is 0.188. The molecule has 19 heavy (non-hydrogen) atoms. The molecular formula is C15H24NO3+. The van der Waals surface area contributed by atoms with Crippen LogP contribution < -0.4 is 14.4 Å². The molecule has 1 aromatic rings. The number of nitrogens with one attached hydrogen (secondary N) is 1. The Morgan fingerprint density at radius 3 is 2.68 bits per heavy atom. The molecule has 1 aliphatic rings. The average molecular weight is 266 g/mol. The maximum atomic E-state index is 5.79. The van der Waals surface area contributed by atoms with E-state index in [0.717, 1.165) is 51.0 Å². The van der Waals surface area contributed by atoms with Gasteiger partial charge < -0.3 is 19.1 Å². The highest BCUT2D eigenvalue weighted by molar-refractivity contribution is 5.33. The standard InChI is InChI=1S/C15H23NO3/c1-13(2)19-15-5-3-4-14(12-15)18-11-8-16-6-9-17-10-7-16/h3-5,12-13H,6-11H2,1-2H3/p+1. The van der Waals surface area contributed by atoms with Gasteiger partial charge in [-0.2, -0.15) is 0 Å². The Morgan fingerprint density at radius 2 is 1.95 bits per heavy atom. The van der Waals surface area contributed by atoms with Crippen LogP contribution in [0.25, 0.3) is 0 Å². The molecule has 1 fully saturated rings. The van der Waals surface area contributed by atoms with Gasteiger partial charge in [0.05, 0.1) is 19.3 Å². The minimum absolute atomic E-state index is 0.188. The molecule has 2 rings (SSSR count). The van der Waals surface area contributed by atoms with Crippen LogP contribution in [-0.4, -0.2) is 45.6 Å². The molecule has 1 aromatic carbocycles. The van der Waals surface area contributed by atoms with Gasteiger partial charge in [0.15, 0.2) is 0 Å². The van der Waals surface area contributed by atoms with Crippen LogP contribution in [0.1, 0.15) is 13.8 Å². The van der Waals surface area contributed by atoms with Crippen molar-refractivity contribution in [2.75, 3.05) is 39.5 Å². The molecule has 0 spiro atoms. The predicted octanol–water partition coefficient (Wildman–Crippen LogP) is 0.768. The molecule has 0 saturated carbocycles. The minimum Gasteiger partial charge on any atom is -0.491 e. The van der Waals surface area contributed by atoms with Crippen LogP contribution in [0, 0.1) is 0 Å². The molecule has 106 valence electrons. The Balaban J connectivity index is 1.75. The fourth-order valence-electron chi connectivity index (χ4n) is 2.13. The number of morpholine rings is 1. The van der Waals surface area contributed by atoms with Gasteiger partial charge in [-0.25, -0.2) is 0 Å². The first-order valence-electron chi connectivity index (χ1n) is 7.05. The van der Waals surface area contributed by atoms with Gasteiger partial charge in [-0.1, -0.05) is 6.07 Å². The van der Waals surface area contributed by atoms with Crippen molar-refractivity contribution in [2.45, 2.75) is 20.0 Å². The Kier molecular flexibility index (Phi) is 5.48. The van der Waals surface area contributed by atoms with Crippen molar-refractivity contribution >= 4 is 0 Å². The lowest BCUT2D eigenvalue weighted by atomic mass is 10.3. The Bertz CT molecular complexity index is 375. The lowest BCUT2D eigenvalue weighted by molar-refractivity contribution is -0.908. The molecule has 0 aliphatic carbocycles. The zero-order valence-corrected chi connectivity index (χ0v) is 11.9. The molecule has 0 bridgehead atoms. The van der Waals surface area contributed by atoms with Crippen molar-refractivity contribution in [1.29, 1.82) is 0 Å². The van der Waals surface area contributed by atoms with Crippen molar-refractivity contribution in [3.63, 3.8) is 0 Å². The molecule has 0 amide bonds. The molecule has 4 heteroatoms. The Hall–Kier alpha value is -1.26. The van der Waals surface area contributed by atoms with Crippen LogP contribution in [0.2, 0.25) is 0 Å². The number of hydrogen-bond donors (Lipinski definition) is 1. The van der Waals surface area contributed by atoms with E-state index in [9.17, 15) is 0 Å². The molecule has 1 N–H and O–H groups in total. The van der Waals surface area contributed by atoms with Crippen molar-refractivity contribution < 1.29 is 19.1 Å². The van der Waals surface area contributed by atoms with E-state index in [2.05, 4.69) is 0 Å². The summed E-state index contributed by atoms with van der Waals surface area (Å²) in [5.41, 5.74) is 0. The van der Waals surface area contributed by atoms with Gasteiger partial charge in [0.25, 0.3) is 0 Å². The summed E-state index contributed by atoms with van der Waals surface area (Å²) >= 11 is 0. The van der Waals surface area contributed by atoms with Crippen LogP contribution in [-0.2, 0) is 4.74 Å². The third-order valence-electron chi connectivity index (χ3n) is 3.10. The van der Waals surface area contributed by atoms with Gasteiger partial charge >= 0.3 is 0 Å². The zero-order valence-electron chi connectivity index (χ0n) is 11.9. The van der Waals surface area contributed by atoms with Gasteiger partial charge in [-0.15, -0.1) is 0 Å². The van der Waals surface area contributed by atoms with E-state index in [4.69, 9.17) is 14.2 Å². The molecule has 1 aliphatic heterocycles. The molecule has 0 aromatic heterocycles. The maximum Gasteiger partial charge on any atom is 0.137 e. The largest absolute Gasteiger partial charge is 0.491 e. The molecule has 1 heterocycles. The summed E-state index contributed by atoms with van der Waals surface area (Å²) in [4.78, 5) is 1.56. The van der Waals surface area contributed by atoms with Crippen molar-refractivity contribution in [1.82, 2.24) is 0 Å². The molecule has 0 radical (unpaired) electrons. The predicted molar refractivity (Wildman–Crippen MR) is 74.1 cm³/mol. The Labute approximate surface area is 115 Å². The van der Waals surface area contributed by atoms with E-state index < -0.39 is 0 Å². The summed E-state index contributed by atoms with van der Waals surface area (Å²) in [5.74, 6) is 1.75. The van der Waals surface area contributed by atoms with Gasteiger partial charge in [0.2, 0.25) is 0 Å². The summed E-state index contributed by atoms with van der Waals surface area (Å²) in [5, 5.41) is 0. The quantitative estimate of drug-likeness (QED) is 0.825. The SMILES string of the molecule is CC(C)Oc1cccc(OCC[NH+]2CCOCC2)c1. The van der Waals surface area contributed by atoms with Crippen molar-refractivity contribution in [3.8, 4) is 11.5 Å². The highest BCUT2D eigenvalue weighted by atomic mass is 16.5. The van der Waals surface area contributed by atoms with Crippen LogP contribution in [0.4, 0.5) is 0 Å². The highest BCUT2D eigenvalue weighted by Gasteiger charge is 2.13.